The van der Waals surface area contributed by atoms with Gasteiger partial charge < -0.3 is 15.7 Å². The third-order valence-electron chi connectivity index (χ3n) is 6.95. The Labute approximate surface area is 248 Å². The number of urea groups is 1. The Hall–Kier alpha value is -4.81. The van der Waals surface area contributed by atoms with E-state index in [1.807, 2.05) is 17.4 Å². The van der Waals surface area contributed by atoms with Gasteiger partial charge in [-0.15, -0.1) is 0 Å². The number of alkyl halides is 5. The van der Waals surface area contributed by atoms with E-state index in [0.717, 1.165) is 37.3 Å². The number of hydrogen-bond acceptors (Lipinski definition) is 3. The van der Waals surface area contributed by atoms with E-state index in [0.29, 0.717) is 23.4 Å². The number of carbonyl (C=O) groups excluding carboxylic acids is 2. The van der Waals surface area contributed by atoms with Crippen molar-refractivity contribution in [3.63, 3.8) is 0 Å². The van der Waals surface area contributed by atoms with Crippen LogP contribution in [-0.2, 0) is 17.5 Å². The van der Waals surface area contributed by atoms with E-state index in [4.69, 9.17) is 5.11 Å². The summed E-state index contributed by atoms with van der Waals surface area (Å²) in [6, 6.07) is 13.7. The van der Waals surface area contributed by atoms with E-state index in [9.17, 15) is 40.7 Å². The lowest BCUT2D eigenvalue weighted by Crippen LogP contribution is -2.42. The molecule has 0 aromatic heterocycles. The lowest BCUT2D eigenvalue weighted by Gasteiger charge is -2.24. The first kappa shape index (κ1) is 32.1. The van der Waals surface area contributed by atoms with Gasteiger partial charge in [0.2, 0.25) is 0 Å². The van der Waals surface area contributed by atoms with E-state index < -0.39 is 47.9 Å². The molecule has 0 fully saturated rings. The van der Waals surface area contributed by atoms with Gasteiger partial charge in [0.15, 0.2) is 0 Å². The Morgan fingerprint density at radius 1 is 0.886 bits per heavy atom. The zero-order chi connectivity index (χ0) is 32.1. The summed E-state index contributed by atoms with van der Waals surface area (Å²) in [6.07, 6.45) is 1.19. The van der Waals surface area contributed by atoms with Crippen LogP contribution in [0.25, 0.3) is 5.57 Å². The molecule has 0 radical (unpaired) electrons. The van der Waals surface area contributed by atoms with Crippen molar-refractivity contribution in [3.05, 3.63) is 101 Å². The van der Waals surface area contributed by atoms with Gasteiger partial charge in [0.25, 0.3) is 5.91 Å². The molecule has 0 heterocycles. The number of amides is 3. The second kappa shape index (κ2) is 13.2. The Bertz CT molecular complexity index is 1550. The summed E-state index contributed by atoms with van der Waals surface area (Å²) < 4.78 is 80.2. The number of anilines is 2. The maximum atomic E-state index is 13.8. The molecule has 0 saturated heterocycles. The van der Waals surface area contributed by atoms with Crippen LogP contribution >= 0.6 is 0 Å². The first-order valence-corrected chi connectivity index (χ1v) is 13.5. The molecular weight excluding hydrogens is 592 g/mol. The van der Waals surface area contributed by atoms with Crippen molar-refractivity contribution in [1.82, 2.24) is 5.32 Å². The molecule has 0 unspecified atom stereocenters. The van der Waals surface area contributed by atoms with Crippen LogP contribution in [0, 0.1) is 5.82 Å². The maximum absolute atomic E-state index is 13.8. The molecule has 13 heteroatoms. The minimum absolute atomic E-state index is 0.0537. The van der Waals surface area contributed by atoms with Crippen molar-refractivity contribution in [2.75, 3.05) is 16.8 Å². The van der Waals surface area contributed by atoms with Gasteiger partial charge in [-0.3, -0.25) is 9.69 Å². The maximum Gasteiger partial charge on any atom is 0.419 e. The lowest BCUT2D eigenvalue weighted by atomic mass is 9.93. The first-order valence-electron chi connectivity index (χ1n) is 13.5. The molecule has 3 amide bonds. The van der Waals surface area contributed by atoms with Gasteiger partial charge in [-0.05, 0) is 84.8 Å². The number of halogens is 6. The number of hydrogen-bond donors (Lipinski definition) is 3. The monoisotopic (exact) mass is 619 g/mol. The predicted octanol–water partition coefficient (Wildman–Crippen LogP) is 7.49. The summed E-state index contributed by atoms with van der Waals surface area (Å²) in [4.78, 5) is 37.5. The molecule has 1 aliphatic carbocycles. The van der Waals surface area contributed by atoms with Crippen molar-refractivity contribution in [2.45, 2.75) is 44.3 Å². The molecule has 0 saturated carbocycles. The number of carboxylic acid groups (broad SMARTS) is 1. The fourth-order valence-corrected chi connectivity index (χ4v) is 4.56. The summed E-state index contributed by atoms with van der Waals surface area (Å²) in [5.74, 6) is -8.98. The highest BCUT2D eigenvalue weighted by atomic mass is 19.4. The quantitative estimate of drug-likeness (QED) is 0.216. The van der Waals surface area contributed by atoms with Crippen molar-refractivity contribution >= 4 is 34.9 Å². The molecule has 0 bridgehead atoms. The number of carboxylic acids is 1. The molecule has 1 aliphatic rings. The molecule has 0 aliphatic heterocycles. The number of nitrogens with one attached hydrogen (secondary N) is 2. The third kappa shape index (κ3) is 7.97. The zero-order valence-corrected chi connectivity index (χ0v) is 23.1. The normalized spacial score (nSPS) is 13.5. The van der Waals surface area contributed by atoms with Gasteiger partial charge in [0.1, 0.15) is 5.82 Å². The van der Waals surface area contributed by atoms with Crippen molar-refractivity contribution in [2.24, 2.45) is 0 Å². The number of allylic oxidation sites excluding steroid dienone is 2. The van der Waals surface area contributed by atoms with Crippen LogP contribution in [0.5, 0.6) is 0 Å². The highest BCUT2D eigenvalue weighted by Crippen LogP contribution is 2.33. The van der Waals surface area contributed by atoms with Crippen LogP contribution in [0.15, 0.2) is 72.8 Å². The predicted molar refractivity (Wildman–Crippen MR) is 151 cm³/mol. The summed E-state index contributed by atoms with van der Waals surface area (Å²) in [7, 11) is 0. The van der Waals surface area contributed by atoms with Gasteiger partial charge in [-0.25, -0.2) is 14.0 Å². The summed E-state index contributed by atoms with van der Waals surface area (Å²) >= 11 is 0. The Kier molecular flexibility index (Phi) is 9.65. The number of aliphatic carboxylic acids is 1. The molecule has 3 aromatic carbocycles. The average Bonchev–Trinajstić information content (AvgIpc) is 3.00. The highest BCUT2D eigenvalue weighted by Gasteiger charge is 2.39. The van der Waals surface area contributed by atoms with E-state index in [1.165, 1.54) is 34.7 Å². The van der Waals surface area contributed by atoms with Crippen LogP contribution in [0.4, 0.5) is 42.5 Å². The fourth-order valence-electron chi connectivity index (χ4n) is 4.56. The standard InChI is InChI=1S/C31H27F6N3O4/c32-26-15-12-23(16-25(26)31(35,36)37)39-29(44)40(24-13-10-21(11-14-24)20-4-2-1-3-5-20)17-19-6-8-22(9-7-19)27(41)38-18-30(33,34)28(42)43/h4,6-16H,1-3,5,17-18H2,(H,38,41)(H,39,44)(H,42,43). The van der Waals surface area contributed by atoms with Crippen molar-refractivity contribution in [3.8, 4) is 0 Å². The van der Waals surface area contributed by atoms with E-state index >= 15 is 0 Å². The lowest BCUT2D eigenvalue weighted by molar-refractivity contribution is -0.163. The number of carbonyl (C=O) groups is 3. The SMILES string of the molecule is O=C(NCC(F)(F)C(=O)O)c1ccc(CN(C(=O)Nc2ccc(F)c(C(F)(F)F)c2)c2ccc(C3=CCCCC3)cc2)cc1. The molecular formula is C31H27F6N3O4. The van der Waals surface area contributed by atoms with Crippen LogP contribution in [-0.4, -0.2) is 35.5 Å². The molecule has 3 N–H and O–H groups in total. The summed E-state index contributed by atoms with van der Waals surface area (Å²) in [5, 5.41) is 12.7. The second-order valence-electron chi connectivity index (χ2n) is 10.1. The van der Waals surface area contributed by atoms with Gasteiger partial charge in [-0.1, -0.05) is 30.3 Å². The Balaban J connectivity index is 1.57. The highest BCUT2D eigenvalue weighted by molar-refractivity contribution is 6.02. The van der Waals surface area contributed by atoms with E-state index in [1.54, 1.807) is 12.1 Å². The first-order chi connectivity index (χ1) is 20.7. The molecule has 0 spiro atoms. The largest absolute Gasteiger partial charge is 0.477 e. The van der Waals surface area contributed by atoms with E-state index in [2.05, 4.69) is 11.4 Å². The fraction of sp³-hybridized carbons (Fsp3) is 0.258. The smallest absolute Gasteiger partial charge is 0.419 e. The summed E-state index contributed by atoms with van der Waals surface area (Å²) in [5.41, 5.74) is 1.10. The van der Waals surface area contributed by atoms with Crippen LogP contribution in [0.2, 0.25) is 0 Å². The van der Waals surface area contributed by atoms with Crippen LogP contribution in [0.3, 0.4) is 0 Å². The van der Waals surface area contributed by atoms with Crippen LogP contribution in [0.1, 0.15) is 52.7 Å². The van der Waals surface area contributed by atoms with Gasteiger partial charge >= 0.3 is 24.1 Å². The second-order valence-corrected chi connectivity index (χ2v) is 10.1. The Morgan fingerprint density at radius 2 is 1.57 bits per heavy atom. The molecule has 4 rings (SSSR count). The molecule has 232 valence electrons. The Morgan fingerprint density at radius 3 is 2.16 bits per heavy atom. The minimum Gasteiger partial charge on any atom is -0.477 e. The van der Waals surface area contributed by atoms with Crippen molar-refractivity contribution < 1.29 is 45.8 Å². The number of benzene rings is 3. The van der Waals surface area contributed by atoms with Crippen molar-refractivity contribution in [1.29, 1.82) is 0 Å². The molecule has 0 atom stereocenters. The number of rotatable bonds is 9. The topological polar surface area (TPSA) is 98.7 Å². The zero-order valence-electron chi connectivity index (χ0n) is 23.1. The average molecular weight is 620 g/mol. The third-order valence-corrected chi connectivity index (χ3v) is 6.95. The van der Waals surface area contributed by atoms with Gasteiger partial charge in [-0.2, -0.15) is 22.0 Å². The van der Waals surface area contributed by atoms with Crippen LogP contribution < -0.4 is 15.5 Å². The molecule has 3 aromatic rings. The number of nitrogens with zero attached hydrogens (tertiary/aromatic N) is 1. The molecule has 7 nitrogen and oxygen atoms in total. The summed E-state index contributed by atoms with van der Waals surface area (Å²) in [6.45, 7) is -1.54. The van der Waals surface area contributed by atoms with E-state index in [-0.39, 0.29) is 17.8 Å². The molecule has 44 heavy (non-hydrogen) atoms. The minimum atomic E-state index is -4.98. The van der Waals surface area contributed by atoms with Gasteiger partial charge in [0, 0.05) is 16.9 Å². The van der Waals surface area contributed by atoms with Gasteiger partial charge in [0.05, 0.1) is 18.7 Å².